The summed E-state index contributed by atoms with van der Waals surface area (Å²) in [5, 5.41) is 11.0. The fraction of sp³-hybridized carbons (Fsp3) is 0.588. The van der Waals surface area contributed by atoms with Gasteiger partial charge in [-0.3, -0.25) is 9.69 Å². The lowest BCUT2D eigenvalue weighted by Crippen LogP contribution is -2.40. The maximum atomic E-state index is 12.4. The van der Waals surface area contributed by atoms with Gasteiger partial charge in [0.05, 0.1) is 26.0 Å². The van der Waals surface area contributed by atoms with Gasteiger partial charge in [0.1, 0.15) is 12.1 Å². The van der Waals surface area contributed by atoms with Crippen LogP contribution in [0.2, 0.25) is 0 Å². The van der Waals surface area contributed by atoms with Crippen LogP contribution in [0.5, 0.6) is 0 Å². The summed E-state index contributed by atoms with van der Waals surface area (Å²) in [7, 11) is 1.66. The summed E-state index contributed by atoms with van der Waals surface area (Å²) in [6.45, 7) is 4.29. The lowest BCUT2D eigenvalue weighted by Gasteiger charge is -2.30. The zero-order chi connectivity index (χ0) is 17.5. The molecular weight excluding hydrogens is 322 g/mol. The number of amides is 1. The second-order valence-corrected chi connectivity index (χ2v) is 6.28. The fourth-order valence-corrected chi connectivity index (χ4v) is 3.08. The van der Waals surface area contributed by atoms with Crippen molar-refractivity contribution in [2.75, 3.05) is 26.8 Å². The first kappa shape index (κ1) is 17.6. The maximum Gasteiger partial charge on any atom is 0.223 e. The van der Waals surface area contributed by atoms with Gasteiger partial charge in [-0.25, -0.2) is 0 Å². The van der Waals surface area contributed by atoms with Crippen molar-refractivity contribution in [2.45, 2.75) is 32.5 Å². The Labute approximate surface area is 147 Å². The molecule has 1 aliphatic rings. The highest BCUT2D eigenvalue weighted by Crippen LogP contribution is 2.19. The van der Waals surface area contributed by atoms with Crippen molar-refractivity contribution in [2.24, 2.45) is 5.92 Å². The average molecular weight is 347 g/mol. The SMILES string of the molecule is COCCn1cnnc1CNC(=O)C1CCN(Cc2ccco2)CC1. The van der Waals surface area contributed by atoms with E-state index in [4.69, 9.17) is 9.15 Å². The maximum absolute atomic E-state index is 12.4. The van der Waals surface area contributed by atoms with Gasteiger partial charge in [0.2, 0.25) is 5.91 Å². The fourth-order valence-electron chi connectivity index (χ4n) is 3.08. The summed E-state index contributed by atoms with van der Waals surface area (Å²) < 4.78 is 12.3. The van der Waals surface area contributed by atoms with Crippen molar-refractivity contribution in [3.05, 3.63) is 36.3 Å². The predicted octanol–water partition coefficient (Wildman–Crippen LogP) is 1.05. The lowest BCUT2D eigenvalue weighted by molar-refractivity contribution is -0.126. The number of methoxy groups -OCH3 is 1. The molecule has 1 fully saturated rings. The van der Waals surface area contributed by atoms with Gasteiger partial charge in [-0.1, -0.05) is 0 Å². The Morgan fingerprint density at radius 1 is 1.44 bits per heavy atom. The van der Waals surface area contributed by atoms with Crippen molar-refractivity contribution in [3.63, 3.8) is 0 Å². The highest BCUT2D eigenvalue weighted by molar-refractivity contribution is 5.78. The Bertz CT molecular complexity index is 647. The third kappa shape index (κ3) is 4.90. The molecule has 0 bridgehead atoms. The molecule has 3 heterocycles. The molecule has 8 nitrogen and oxygen atoms in total. The van der Waals surface area contributed by atoms with E-state index in [0.29, 0.717) is 19.7 Å². The number of hydrogen-bond acceptors (Lipinski definition) is 6. The van der Waals surface area contributed by atoms with Gasteiger partial charge in [0, 0.05) is 19.6 Å². The first-order valence-electron chi connectivity index (χ1n) is 8.64. The molecule has 0 atom stereocenters. The molecule has 1 aliphatic heterocycles. The van der Waals surface area contributed by atoms with E-state index in [1.54, 1.807) is 19.7 Å². The number of nitrogens with one attached hydrogen (secondary N) is 1. The molecule has 0 spiro atoms. The van der Waals surface area contributed by atoms with Crippen molar-refractivity contribution < 1.29 is 13.9 Å². The zero-order valence-electron chi connectivity index (χ0n) is 14.6. The van der Waals surface area contributed by atoms with Gasteiger partial charge in [-0.15, -0.1) is 10.2 Å². The highest BCUT2D eigenvalue weighted by atomic mass is 16.5. The standard InChI is InChI=1S/C17H25N5O3/c1-24-10-8-22-13-19-20-16(22)11-18-17(23)14-4-6-21(7-5-14)12-15-3-2-9-25-15/h2-3,9,13-14H,4-8,10-12H2,1H3,(H,18,23). The minimum Gasteiger partial charge on any atom is -0.468 e. The molecule has 136 valence electrons. The number of ether oxygens (including phenoxy) is 1. The Morgan fingerprint density at radius 2 is 2.28 bits per heavy atom. The largest absolute Gasteiger partial charge is 0.468 e. The van der Waals surface area contributed by atoms with Crippen LogP contribution in [0.1, 0.15) is 24.4 Å². The van der Waals surface area contributed by atoms with Crippen LogP contribution >= 0.6 is 0 Å². The summed E-state index contributed by atoms with van der Waals surface area (Å²) >= 11 is 0. The normalized spacial score (nSPS) is 16.2. The molecule has 0 radical (unpaired) electrons. The number of likely N-dealkylation sites (tertiary alicyclic amines) is 1. The van der Waals surface area contributed by atoms with E-state index in [0.717, 1.165) is 44.1 Å². The second kappa shape index (κ2) is 8.77. The molecule has 3 rings (SSSR count). The molecule has 0 unspecified atom stereocenters. The zero-order valence-corrected chi connectivity index (χ0v) is 14.6. The number of rotatable bonds is 8. The van der Waals surface area contributed by atoms with Gasteiger partial charge in [0.15, 0.2) is 5.82 Å². The van der Waals surface area contributed by atoms with Gasteiger partial charge in [-0.05, 0) is 38.1 Å². The Hall–Kier alpha value is -2.19. The summed E-state index contributed by atoms with van der Waals surface area (Å²) in [5.74, 6) is 1.88. The second-order valence-electron chi connectivity index (χ2n) is 6.28. The van der Waals surface area contributed by atoms with E-state index in [2.05, 4.69) is 20.4 Å². The first-order valence-corrected chi connectivity index (χ1v) is 8.64. The predicted molar refractivity (Wildman–Crippen MR) is 90.5 cm³/mol. The van der Waals surface area contributed by atoms with Crippen LogP contribution in [0.25, 0.3) is 0 Å². The summed E-state index contributed by atoms with van der Waals surface area (Å²) in [4.78, 5) is 14.7. The Kier molecular flexibility index (Phi) is 6.19. The van der Waals surface area contributed by atoms with E-state index in [-0.39, 0.29) is 11.8 Å². The average Bonchev–Trinajstić information content (AvgIpc) is 3.30. The van der Waals surface area contributed by atoms with E-state index in [9.17, 15) is 4.79 Å². The molecule has 0 aliphatic carbocycles. The van der Waals surface area contributed by atoms with E-state index in [1.807, 2.05) is 16.7 Å². The smallest absolute Gasteiger partial charge is 0.223 e. The third-order valence-corrected chi connectivity index (χ3v) is 4.57. The van der Waals surface area contributed by atoms with Gasteiger partial charge >= 0.3 is 0 Å². The molecule has 1 amide bonds. The quantitative estimate of drug-likeness (QED) is 0.768. The molecule has 1 saturated heterocycles. The van der Waals surface area contributed by atoms with Crippen molar-refractivity contribution in [1.29, 1.82) is 0 Å². The summed E-state index contributed by atoms with van der Waals surface area (Å²) in [5.41, 5.74) is 0. The molecule has 2 aromatic rings. The minimum absolute atomic E-state index is 0.0585. The number of carbonyl (C=O) groups excluding carboxylic acids is 1. The van der Waals surface area contributed by atoms with Gasteiger partial charge in [-0.2, -0.15) is 0 Å². The number of nitrogens with zero attached hydrogens (tertiary/aromatic N) is 4. The summed E-state index contributed by atoms with van der Waals surface area (Å²) in [6.07, 6.45) is 5.08. The van der Waals surface area contributed by atoms with E-state index < -0.39 is 0 Å². The van der Waals surface area contributed by atoms with Crippen LogP contribution in [-0.4, -0.2) is 52.4 Å². The van der Waals surface area contributed by atoms with Crippen LogP contribution in [0.4, 0.5) is 0 Å². The monoisotopic (exact) mass is 347 g/mol. The van der Waals surface area contributed by atoms with Crippen LogP contribution < -0.4 is 5.32 Å². The first-order chi connectivity index (χ1) is 12.3. The van der Waals surface area contributed by atoms with Crippen molar-refractivity contribution in [1.82, 2.24) is 25.0 Å². The molecule has 8 heteroatoms. The number of carbonyl (C=O) groups is 1. The molecular formula is C17H25N5O3. The molecule has 0 saturated carbocycles. The number of hydrogen-bond donors (Lipinski definition) is 1. The van der Waals surface area contributed by atoms with E-state index >= 15 is 0 Å². The van der Waals surface area contributed by atoms with Crippen LogP contribution in [0, 0.1) is 5.92 Å². The topological polar surface area (TPSA) is 85.4 Å². The van der Waals surface area contributed by atoms with Gasteiger partial charge in [0.25, 0.3) is 0 Å². The third-order valence-electron chi connectivity index (χ3n) is 4.57. The van der Waals surface area contributed by atoms with Gasteiger partial charge < -0.3 is 19.0 Å². The molecule has 2 aromatic heterocycles. The molecule has 25 heavy (non-hydrogen) atoms. The summed E-state index contributed by atoms with van der Waals surface area (Å²) in [6, 6.07) is 3.89. The van der Waals surface area contributed by atoms with Crippen LogP contribution in [-0.2, 0) is 29.2 Å². The lowest BCUT2D eigenvalue weighted by atomic mass is 9.96. The Balaban J connectivity index is 1.41. The number of aromatic nitrogens is 3. The molecule has 0 aromatic carbocycles. The van der Waals surface area contributed by atoms with E-state index in [1.165, 1.54) is 0 Å². The molecule has 1 N–H and O–H groups in total. The highest BCUT2D eigenvalue weighted by Gasteiger charge is 2.25. The number of furan rings is 1. The van der Waals surface area contributed by atoms with Crippen molar-refractivity contribution in [3.8, 4) is 0 Å². The van der Waals surface area contributed by atoms with Crippen molar-refractivity contribution >= 4 is 5.91 Å². The number of piperidine rings is 1. The van der Waals surface area contributed by atoms with Crippen LogP contribution in [0.15, 0.2) is 29.1 Å². The minimum atomic E-state index is 0.0585. The van der Waals surface area contributed by atoms with Crippen LogP contribution in [0.3, 0.4) is 0 Å². The Morgan fingerprint density at radius 3 is 3.00 bits per heavy atom.